The number of aryl methyl sites for hydroxylation is 2. The molecule has 0 bridgehead atoms. The largest absolute Gasteiger partial charge is 0.486 e. The SMILES string of the molecule is Cc1cc(-c2n[nH]c3ccc(O[C@H](C)c4c(Cl)cnc(C)c4Cl)cc23)cnc1N[C@@H]1CCOC1. The van der Waals surface area contributed by atoms with Gasteiger partial charge in [-0.05, 0) is 57.0 Å². The van der Waals surface area contributed by atoms with E-state index in [0.29, 0.717) is 34.1 Å². The van der Waals surface area contributed by atoms with Crippen LogP contribution >= 0.6 is 23.2 Å². The summed E-state index contributed by atoms with van der Waals surface area (Å²) in [4.78, 5) is 8.86. The highest BCUT2D eigenvalue weighted by molar-refractivity contribution is 6.36. The van der Waals surface area contributed by atoms with Crippen molar-refractivity contribution in [3.8, 4) is 17.0 Å². The molecule has 9 heteroatoms. The first-order valence-electron chi connectivity index (χ1n) is 11.2. The lowest BCUT2D eigenvalue weighted by Crippen LogP contribution is -2.20. The second kappa shape index (κ2) is 9.41. The lowest BCUT2D eigenvalue weighted by atomic mass is 10.1. The van der Waals surface area contributed by atoms with Gasteiger partial charge in [-0.2, -0.15) is 5.10 Å². The van der Waals surface area contributed by atoms with Gasteiger partial charge in [0.15, 0.2) is 0 Å². The summed E-state index contributed by atoms with van der Waals surface area (Å²) in [6, 6.07) is 8.21. The fraction of sp³-hybridized carbons (Fsp3) is 0.320. The predicted molar refractivity (Wildman–Crippen MR) is 135 cm³/mol. The van der Waals surface area contributed by atoms with Gasteiger partial charge in [0.05, 0.1) is 33.9 Å². The molecule has 0 saturated carbocycles. The molecular weight excluding hydrogens is 473 g/mol. The molecule has 0 amide bonds. The zero-order valence-corrected chi connectivity index (χ0v) is 20.7. The Morgan fingerprint density at radius 3 is 2.79 bits per heavy atom. The summed E-state index contributed by atoms with van der Waals surface area (Å²) in [5.74, 6) is 1.56. The molecule has 5 rings (SSSR count). The maximum Gasteiger partial charge on any atom is 0.129 e. The van der Waals surface area contributed by atoms with Crippen LogP contribution in [0.2, 0.25) is 10.0 Å². The van der Waals surface area contributed by atoms with E-state index in [9.17, 15) is 0 Å². The van der Waals surface area contributed by atoms with Gasteiger partial charge in [0.25, 0.3) is 0 Å². The van der Waals surface area contributed by atoms with E-state index in [1.807, 2.05) is 45.2 Å². The van der Waals surface area contributed by atoms with Crippen LogP contribution in [0.1, 0.15) is 36.3 Å². The minimum absolute atomic E-state index is 0.302. The van der Waals surface area contributed by atoms with E-state index in [1.54, 1.807) is 6.20 Å². The van der Waals surface area contributed by atoms with Crippen LogP contribution in [0.5, 0.6) is 5.75 Å². The molecule has 1 aliphatic heterocycles. The summed E-state index contributed by atoms with van der Waals surface area (Å²) in [5.41, 5.74) is 5.14. The van der Waals surface area contributed by atoms with Crippen molar-refractivity contribution in [3.05, 3.63) is 63.5 Å². The number of hydrogen-bond donors (Lipinski definition) is 2. The number of rotatable bonds is 6. The highest BCUT2D eigenvalue weighted by atomic mass is 35.5. The summed E-state index contributed by atoms with van der Waals surface area (Å²) in [5, 5.41) is 13.1. The van der Waals surface area contributed by atoms with Crippen LogP contribution in [-0.4, -0.2) is 39.4 Å². The Bertz CT molecular complexity index is 1350. The fourth-order valence-electron chi connectivity index (χ4n) is 4.20. The molecule has 1 aromatic carbocycles. The van der Waals surface area contributed by atoms with Crippen LogP contribution in [0.15, 0.2) is 36.7 Å². The molecule has 7 nitrogen and oxygen atoms in total. The molecule has 176 valence electrons. The molecule has 3 aromatic heterocycles. The Labute approximate surface area is 207 Å². The summed E-state index contributed by atoms with van der Waals surface area (Å²) >= 11 is 12.8. The number of benzene rings is 1. The summed E-state index contributed by atoms with van der Waals surface area (Å²) < 4.78 is 11.7. The first kappa shape index (κ1) is 22.9. The summed E-state index contributed by atoms with van der Waals surface area (Å²) in [7, 11) is 0. The van der Waals surface area contributed by atoms with Crippen molar-refractivity contribution in [2.24, 2.45) is 0 Å². The molecule has 1 fully saturated rings. The van der Waals surface area contributed by atoms with E-state index >= 15 is 0 Å². The number of nitrogens with one attached hydrogen (secondary N) is 2. The molecule has 2 N–H and O–H groups in total. The van der Waals surface area contributed by atoms with Crippen molar-refractivity contribution in [3.63, 3.8) is 0 Å². The van der Waals surface area contributed by atoms with Gasteiger partial charge in [-0.1, -0.05) is 23.2 Å². The molecule has 0 radical (unpaired) electrons. The van der Waals surface area contributed by atoms with Crippen LogP contribution in [0.4, 0.5) is 5.82 Å². The van der Waals surface area contributed by atoms with Crippen LogP contribution in [0.3, 0.4) is 0 Å². The van der Waals surface area contributed by atoms with Gasteiger partial charge in [0, 0.05) is 35.5 Å². The number of fused-ring (bicyclic) bond motifs is 1. The van der Waals surface area contributed by atoms with Crippen molar-refractivity contribution in [2.45, 2.75) is 39.3 Å². The molecule has 34 heavy (non-hydrogen) atoms. The maximum atomic E-state index is 6.46. The number of hydrogen-bond acceptors (Lipinski definition) is 6. The van der Waals surface area contributed by atoms with E-state index in [1.165, 1.54) is 0 Å². The van der Waals surface area contributed by atoms with Crippen molar-refractivity contribution in [1.82, 2.24) is 20.2 Å². The molecule has 4 aromatic rings. The third-order valence-electron chi connectivity index (χ3n) is 6.06. The average Bonchev–Trinajstić information content (AvgIpc) is 3.48. The average molecular weight is 498 g/mol. The first-order chi connectivity index (χ1) is 16.4. The van der Waals surface area contributed by atoms with Gasteiger partial charge in [0.2, 0.25) is 0 Å². The molecular formula is C25H25Cl2N5O2. The number of nitrogens with zero attached hydrogens (tertiary/aromatic N) is 3. The third-order valence-corrected chi connectivity index (χ3v) is 6.84. The van der Waals surface area contributed by atoms with Gasteiger partial charge in [-0.15, -0.1) is 0 Å². The fourth-order valence-corrected chi connectivity index (χ4v) is 4.85. The zero-order chi connectivity index (χ0) is 23.8. The number of ether oxygens (including phenoxy) is 2. The van der Waals surface area contributed by atoms with E-state index in [4.69, 9.17) is 32.7 Å². The standard InChI is InChI=1S/C25H25Cl2N5O2/c1-13-8-16(10-29-25(13)30-17-6-7-33-12-17)24-19-9-18(4-5-21(19)31-32-24)34-15(3)22-20(26)11-28-14(2)23(22)27/h4-5,8-11,15,17H,6-7,12H2,1-3H3,(H,29,30)(H,31,32)/t15-,17-/m1/s1. The summed E-state index contributed by atoms with van der Waals surface area (Å²) in [6.45, 7) is 7.31. The maximum absolute atomic E-state index is 6.46. The predicted octanol–water partition coefficient (Wildman–Crippen LogP) is 6.28. The Balaban J connectivity index is 1.42. The number of anilines is 1. The Morgan fingerprint density at radius 1 is 1.18 bits per heavy atom. The van der Waals surface area contributed by atoms with Gasteiger partial charge in [0.1, 0.15) is 23.4 Å². The lowest BCUT2D eigenvalue weighted by Gasteiger charge is -2.18. The minimum Gasteiger partial charge on any atom is -0.486 e. The van der Waals surface area contributed by atoms with Crippen molar-refractivity contribution in [1.29, 1.82) is 0 Å². The molecule has 0 spiro atoms. The highest BCUT2D eigenvalue weighted by Crippen LogP contribution is 2.36. The summed E-state index contributed by atoms with van der Waals surface area (Å²) in [6.07, 6.45) is 4.08. The van der Waals surface area contributed by atoms with Crippen molar-refractivity contribution >= 4 is 39.9 Å². The molecule has 0 unspecified atom stereocenters. The number of aromatic amines is 1. The Kier molecular flexibility index (Phi) is 6.34. The van der Waals surface area contributed by atoms with Crippen molar-refractivity contribution in [2.75, 3.05) is 18.5 Å². The van der Waals surface area contributed by atoms with E-state index < -0.39 is 0 Å². The van der Waals surface area contributed by atoms with E-state index in [2.05, 4.69) is 31.5 Å². The first-order valence-corrected chi connectivity index (χ1v) is 11.9. The zero-order valence-electron chi connectivity index (χ0n) is 19.2. The van der Waals surface area contributed by atoms with Gasteiger partial charge >= 0.3 is 0 Å². The number of pyridine rings is 2. The van der Waals surface area contributed by atoms with Crippen LogP contribution < -0.4 is 10.1 Å². The lowest BCUT2D eigenvalue weighted by molar-refractivity contribution is 0.195. The molecule has 1 aliphatic rings. The smallest absolute Gasteiger partial charge is 0.129 e. The van der Waals surface area contributed by atoms with E-state index in [-0.39, 0.29) is 6.10 Å². The van der Waals surface area contributed by atoms with Crippen LogP contribution in [-0.2, 0) is 4.74 Å². The van der Waals surface area contributed by atoms with Gasteiger partial charge < -0.3 is 14.8 Å². The number of halogens is 2. The number of aromatic nitrogens is 4. The number of H-pyrrole nitrogens is 1. The second-order valence-electron chi connectivity index (χ2n) is 8.55. The van der Waals surface area contributed by atoms with Gasteiger partial charge in [-0.25, -0.2) is 4.98 Å². The van der Waals surface area contributed by atoms with Crippen LogP contribution in [0, 0.1) is 13.8 Å². The highest BCUT2D eigenvalue weighted by Gasteiger charge is 2.20. The minimum atomic E-state index is -0.358. The Hall–Kier alpha value is -2.87. The van der Waals surface area contributed by atoms with Crippen molar-refractivity contribution < 1.29 is 9.47 Å². The third kappa shape index (κ3) is 4.43. The second-order valence-corrected chi connectivity index (χ2v) is 9.34. The molecule has 0 aliphatic carbocycles. The van der Waals surface area contributed by atoms with E-state index in [0.717, 1.165) is 52.1 Å². The van der Waals surface area contributed by atoms with Gasteiger partial charge in [-0.3, -0.25) is 10.1 Å². The molecule has 4 heterocycles. The molecule has 2 atom stereocenters. The topological polar surface area (TPSA) is 85.0 Å². The molecule has 1 saturated heterocycles. The Morgan fingerprint density at radius 2 is 2.03 bits per heavy atom. The monoisotopic (exact) mass is 497 g/mol. The normalized spacial score (nSPS) is 16.7. The quantitative estimate of drug-likeness (QED) is 0.325. The van der Waals surface area contributed by atoms with Crippen LogP contribution in [0.25, 0.3) is 22.2 Å².